The largest absolute Gasteiger partial charge is 0.374 e. The molecule has 1 atom stereocenters. The molecule has 1 fully saturated rings. The van der Waals surface area contributed by atoms with Crippen LogP contribution in [0.2, 0.25) is 0 Å². The zero-order valence-electron chi connectivity index (χ0n) is 12.2. The third kappa shape index (κ3) is 2.87. The van der Waals surface area contributed by atoms with E-state index >= 15 is 0 Å². The van der Waals surface area contributed by atoms with Gasteiger partial charge >= 0.3 is 0 Å². The summed E-state index contributed by atoms with van der Waals surface area (Å²) in [5, 5.41) is 6.89. The van der Waals surface area contributed by atoms with E-state index < -0.39 is 0 Å². The Bertz CT molecular complexity index is 528. The van der Waals surface area contributed by atoms with Gasteiger partial charge in [-0.1, -0.05) is 12.2 Å². The lowest BCUT2D eigenvalue weighted by molar-refractivity contribution is 0.0511. The average molecular weight is 290 g/mol. The predicted octanol–water partition coefficient (Wildman–Crippen LogP) is 3.36. The highest BCUT2D eigenvalue weighted by atomic mass is 32.1. The van der Waals surface area contributed by atoms with Gasteiger partial charge in [0, 0.05) is 18.4 Å². The maximum Gasteiger partial charge on any atom is 0.0964 e. The van der Waals surface area contributed by atoms with Crippen molar-refractivity contribution in [2.45, 2.75) is 37.7 Å². The standard InChI is InChI=1S/C16H22N2OS/c1-16(19-2)7-3-4-13(10-16)14-11-20-15(18-14)12-5-8-17-9-6-12/h3-4,10-12,17H,5-9H2,1-2H3. The molecule has 0 aromatic carbocycles. The second-order valence-electron chi connectivity index (χ2n) is 5.82. The number of rotatable bonds is 3. The van der Waals surface area contributed by atoms with Gasteiger partial charge in [-0.3, -0.25) is 0 Å². The summed E-state index contributed by atoms with van der Waals surface area (Å²) in [5.41, 5.74) is 2.10. The minimum Gasteiger partial charge on any atom is -0.374 e. The van der Waals surface area contributed by atoms with Gasteiger partial charge in [0.15, 0.2) is 0 Å². The van der Waals surface area contributed by atoms with Crippen molar-refractivity contribution >= 4 is 16.9 Å². The van der Waals surface area contributed by atoms with Gasteiger partial charge in [0.2, 0.25) is 0 Å². The summed E-state index contributed by atoms with van der Waals surface area (Å²) < 4.78 is 5.59. The summed E-state index contributed by atoms with van der Waals surface area (Å²) in [7, 11) is 1.77. The molecule has 3 nitrogen and oxygen atoms in total. The second kappa shape index (κ2) is 5.80. The molecule has 1 N–H and O–H groups in total. The number of thiazole rings is 1. The van der Waals surface area contributed by atoms with Gasteiger partial charge in [-0.05, 0) is 50.9 Å². The maximum absolute atomic E-state index is 5.59. The Balaban J connectivity index is 1.81. The van der Waals surface area contributed by atoms with Crippen LogP contribution in [0.4, 0.5) is 0 Å². The van der Waals surface area contributed by atoms with Gasteiger partial charge in [0.25, 0.3) is 0 Å². The number of piperidine rings is 1. The van der Waals surface area contributed by atoms with E-state index in [9.17, 15) is 0 Å². The number of hydrogen-bond acceptors (Lipinski definition) is 4. The molecule has 1 aromatic rings. The lowest BCUT2D eigenvalue weighted by Crippen LogP contribution is -2.26. The lowest BCUT2D eigenvalue weighted by Gasteiger charge is -2.26. The van der Waals surface area contributed by atoms with E-state index in [0.717, 1.165) is 25.2 Å². The molecular weight excluding hydrogens is 268 g/mol. The number of ether oxygens (including phenoxy) is 1. The van der Waals surface area contributed by atoms with Crippen LogP contribution < -0.4 is 5.32 Å². The predicted molar refractivity (Wildman–Crippen MR) is 84.1 cm³/mol. The van der Waals surface area contributed by atoms with Gasteiger partial charge in [-0.15, -0.1) is 11.3 Å². The Morgan fingerprint density at radius 1 is 1.40 bits per heavy atom. The number of allylic oxidation sites excluding steroid dienone is 2. The summed E-state index contributed by atoms with van der Waals surface area (Å²) >= 11 is 1.80. The Hall–Kier alpha value is -0.970. The fourth-order valence-corrected chi connectivity index (χ4v) is 3.83. The molecule has 108 valence electrons. The molecule has 1 aliphatic heterocycles. The molecule has 1 aromatic heterocycles. The Labute approximate surface area is 124 Å². The van der Waals surface area contributed by atoms with Crippen LogP contribution in [0.3, 0.4) is 0 Å². The average Bonchev–Trinajstić information content (AvgIpc) is 2.98. The first kappa shape index (κ1) is 14.0. The number of methoxy groups -OCH3 is 1. The quantitative estimate of drug-likeness (QED) is 0.927. The van der Waals surface area contributed by atoms with Crippen LogP contribution >= 0.6 is 11.3 Å². The molecule has 0 radical (unpaired) electrons. The number of nitrogens with one attached hydrogen (secondary N) is 1. The highest BCUT2D eigenvalue weighted by Crippen LogP contribution is 2.33. The third-order valence-electron chi connectivity index (χ3n) is 4.25. The second-order valence-corrected chi connectivity index (χ2v) is 6.71. The van der Waals surface area contributed by atoms with E-state index in [4.69, 9.17) is 9.72 Å². The van der Waals surface area contributed by atoms with Crippen molar-refractivity contribution in [1.29, 1.82) is 0 Å². The van der Waals surface area contributed by atoms with Crippen molar-refractivity contribution < 1.29 is 4.74 Å². The molecule has 1 saturated heterocycles. The molecule has 1 unspecified atom stereocenters. The molecule has 0 saturated carbocycles. The topological polar surface area (TPSA) is 34.1 Å². The van der Waals surface area contributed by atoms with Crippen LogP contribution in [-0.2, 0) is 4.74 Å². The van der Waals surface area contributed by atoms with Crippen LogP contribution in [0.15, 0.2) is 23.6 Å². The molecule has 1 aliphatic carbocycles. The monoisotopic (exact) mass is 290 g/mol. The minimum absolute atomic E-state index is 0.192. The van der Waals surface area contributed by atoms with E-state index in [0.29, 0.717) is 5.92 Å². The maximum atomic E-state index is 5.59. The van der Waals surface area contributed by atoms with Crippen molar-refractivity contribution in [2.75, 3.05) is 20.2 Å². The lowest BCUT2D eigenvalue weighted by atomic mass is 9.92. The van der Waals surface area contributed by atoms with Crippen molar-refractivity contribution in [3.8, 4) is 0 Å². The molecule has 3 rings (SSSR count). The first-order valence-corrected chi connectivity index (χ1v) is 8.19. The minimum atomic E-state index is -0.192. The molecule has 0 spiro atoms. The fraction of sp³-hybridized carbons (Fsp3) is 0.562. The van der Waals surface area contributed by atoms with E-state index in [-0.39, 0.29) is 5.60 Å². The van der Waals surface area contributed by atoms with Crippen LogP contribution in [0.1, 0.15) is 42.8 Å². The zero-order chi connectivity index (χ0) is 14.0. The highest BCUT2D eigenvalue weighted by Gasteiger charge is 2.24. The van der Waals surface area contributed by atoms with Gasteiger partial charge in [0.05, 0.1) is 16.3 Å². The Morgan fingerprint density at radius 2 is 2.20 bits per heavy atom. The highest BCUT2D eigenvalue weighted by molar-refractivity contribution is 7.09. The third-order valence-corrected chi connectivity index (χ3v) is 5.26. The van der Waals surface area contributed by atoms with Gasteiger partial charge in [-0.2, -0.15) is 0 Å². The van der Waals surface area contributed by atoms with E-state index in [1.807, 2.05) is 0 Å². The summed E-state index contributed by atoms with van der Waals surface area (Å²) in [6.45, 7) is 4.35. The molecular formula is C16H22N2OS. The summed E-state index contributed by atoms with van der Waals surface area (Å²) in [5.74, 6) is 0.636. The van der Waals surface area contributed by atoms with Gasteiger partial charge in [0.1, 0.15) is 0 Å². The molecule has 2 aliphatic rings. The Kier molecular flexibility index (Phi) is 4.06. The SMILES string of the molecule is COC1(C)C=C(c2csc(C3CCNCC3)n2)C=CC1. The van der Waals surface area contributed by atoms with E-state index in [1.165, 1.54) is 23.4 Å². The number of aromatic nitrogens is 1. The fourth-order valence-electron chi connectivity index (χ4n) is 2.83. The van der Waals surface area contributed by atoms with Crippen molar-refractivity contribution in [1.82, 2.24) is 10.3 Å². The van der Waals surface area contributed by atoms with Crippen molar-refractivity contribution in [2.24, 2.45) is 0 Å². The summed E-state index contributed by atoms with van der Waals surface area (Å²) in [6, 6.07) is 0. The van der Waals surface area contributed by atoms with Crippen molar-refractivity contribution in [3.63, 3.8) is 0 Å². The van der Waals surface area contributed by atoms with Crippen molar-refractivity contribution in [3.05, 3.63) is 34.3 Å². The van der Waals surface area contributed by atoms with Gasteiger partial charge in [-0.25, -0.2) is 4.98 Å². The molecule has 2 heterocycles. The zero-order valence-corrected chi connectivity index (χ0v) is 13.0. The first-order chi connectivity index (χ1) is 9.70. The number of nitrogens with zero attached hydrogens (tertiary/aromatic N) is 1. The van der Waals surface area contributed by atoms with E-state index in [1.54, 1.807) is 18.4 Å². The van der Waals surface area contributed by atoms with E-state index in [2.05, 4.69) is 35.8 Å². The molecule has 0 amide bonds. The summed E-state index contributed by atoms with van der Waals surface area (Å²) in [4.78, 5) is 4.87. The Morgan fingerprint density at radius 3 is 2.95 bits per heavy atom. The molecule has 0 bridgehead atoms. The van der Waals surface area contributed by atoms with Crippen LogP contribution in [0.5, 0.6) is 0 Å². The smallest absolute Gasteiger partial charge is 0.0964 e. The van der Waals surface area contributed by atoms with Crippen LogP contribution in [0.25, 0.3) is 5.57 Å². The van der Waals surface area contributed by atoms with Gasteiger partial charge < -0.3 is 10.1 Å². The number of hydrogen-bond donors (Lipinski definition) is 1. The normalized spacial score (nSPS) is 27.6. The molecule has 4 heteroatoms. The molecule has 20 heavy (non-hydrogen) atoms. The summed E-state index contributed by atoms with van der Waals surface area (Å²) in [6.07, 6.45) is 9.90. The van der Waals surface area contributed by atoms with Crippen LogP contribution in [0, 0.1) is 0 Å². The van der Waals surface area contributed by atoms with Crippen LogP contribution in [-0.4, -0.2) is 30.8 Å². The first-order valence-electron chi connectivity index (χ1n) is 7.31.